The SMILES string of the molecule is Nc1nc2n([C@@H]3O[C@H](CO)[C@@H](O)[C@H]3O)[nH]cc-2c(=S)n1. The van der Waals surface area contributed by atoms with Gasteiger partial charge < -0.3 is 30.9 Å². The average Bonchev–Trinajstić information content (AvgIpc) is 2.93. The van der Waals surface area contributed by atoms with Gasteiger partial charge in [0.1, 0.15) is 23.0 Å². The largest absolute Gasteiger partial charge is 0.394 e. The molecule has 0 bridgehead atoms. The van der Waals surface area contributed by atoms with Crippen molar-refractivity contribution in [2.75, 3.05) is 12.3 Å². The molecule has 108 valence electrons. The van der Waals surface area contributed by atoms with E-state index in [-0.39, 0.29) is 10.6 Å². The maximum atomic E-state index is 10.0. The Bertz CT molecular complexity index is 658. The third kappa shape index (κ3) is 1.89. The van der Waals surface area contributed by atoms with Crippen molar-refractivity contribution in [3.8, 4) is 11.4 Å². The van der Waals surface area contributed by atoms with Crippen LogP contribution in [0, 0.1) is 4.64 Å². The first-order valence-electron chi connectivity index (χ1n) is 5.88. The summed E-state index contributed by atoms with van der Waals surface area (Å²) in [6.45, 7) is -0.405. The Morgan fingerprint density at radius 2 is 2.15 bits per heavy atom. The van der Waals surface area contributed by atoms with Crippen LogP contribution < -0.4 is 5.73 Å². The lowest BCUT2D eigenvalue weighted by Crippen LogP contribution is -2.33. The third-order valence-corrected chi connectivity index (χ3v) is 3.57. The molecule has 3 heterocycles. The highest BCUT2D eigenvalue weighted by Gasteiger charge is 2.44. The highest BCUT2D eigenvalue weighted by molar-refractivity contribution is 7.71. The van der Waals surface area contributed by atoms with Gasteiger partial charge in [0.25, 0.3) is 0 Å². The molecule has 1 saturated heterocycles. The second kappa shape index (κ2) is 4.75. The minimum atomic E-state index is -1.22. The van der Waals surface area contributed by atoms with Crippen LogP contribution in [-0.2, 0) is 4.74 Å². The molecule has 9 nitrogen and oxygen atoms in total. The summed E-state index contributed by atoms with van der Waals surface area (Å²) in [5.41, 5.74) is 6.11. The lowest BCUT2D eigenvalue weighted by molar-refractivity contribution is -0.0580. The number of H-pyrrole nitrogens is 1. The van der Waals surface area contributed by atoms with Crippen molar-refractivity contribution in [1.29, 1.82) is 0 Å². The number of ether oxygens (including phenoxy) is 1. The summed E-state index contributed by atoms with van der Waals surface area (Å²) in [5, 5.41) is 31.7. The van der Waals surface area contributed by atoms with Crippen LogP contribution in [0.5, 0.6) is 0 Å². The van der Waals surface area contributed by atoms with Gasteiger partial charge in [-0.3, -0.25) is 0 Å². The number of aromatic nitrogens is 4. The summed E-state index contributed by atoms with van der Waals surface area (Å²) in [5.74, 6) is 0.361. The zero-order valence-corrected chi connectivity index (χ0v) is 11.0. The number of nitrogen functional groups attached to an aromatic ring is 1. The zero-order chi connectivity index (χ0) is 14.4. The Labute approximate surface area is 118 Å². The number of aliphatic hydroxyl groups is 3. The molecule has 0 aromatic carbocycles. The summed E-state index contributed by atoms with van der Waals surface area (Å²) in [4.78, 5) is 7.91. The first-order valence-corrected chi connectivity index (χ1v) is 6.29. The highest BCUT2D eigenvalue weighted by atomic mass is 32.1. The van der Waals surface area contributed by atoms with E-state index >= 15 is 0 Å². The van der Waals surface area contributed by atoms with Crippen molar-refractivity contribution in [3.05, 3.63) is 10.8 Å². The van der Waals surface area contributed by atoms with E-state index < -0.39 is 31.1 Å². The van der Waals surface area contributed by atoms with Crippen molar-refractivity contribution in [2.45, 2.75) is 24.5 Å². The molecule has 3 aliphatic rings. The Hall–Kier alpha value is -1.59. The fourth-order valence-corrected chi connectivity index (χ4v) is 2.49. The fraction of sp³-hybridized carbons (Fsp3) is 0.500. The van der Waals surface area contributed by atoms with Gasteiger partial charge in [-0.05, 0) is 0 Å². The maximum Gasteiger partial charge on any atom is 0.223 e. The summed E-state index contributed by atoms with van der Waals surface area (Å²) < 4.78 is 7.08. The summed E-state index contributed by atoms with van der Waals surface area (Å²) >= 11 is 5.07. The van der Waals surface area contributed by atoms with Crippen LogP contribution in [0.4, 0.5) is 5.95 Å². The van der Waals surface area contributed by atoms with Crippen LogP contribution in [0.15, 0.2) is 6.20 Å². The number of nitrogens with two attached hydrogens (primary N) is 1. The first-order chi connectivity index (χ1) is 9.52. The number of rotatable bonds is 2. The number of aromatic amines is 1. The van der Waals surface area contributed by atoms with Crippen LogP contribution in [0.3, 0.4) is 0 Å². The highest BCUT2D eigenvalue weighted by Crippen LogP contribution is 2.33. The molecule has 0 spiro atoms. The minimum absolute atomic E-state index is 0.00240. The van der Waals surface area contributed by atoms with Crippen LogP contribution in [0.25, 0.3) is 11.4 Å². The van der Waals surface area contributed by atoms with E-state index in [0.717, 1.165) is 0 Å². The van der Waals surface area contributed by atoms with Gasteiger partial charge in [0.2, 0.25) is 5.95 Å². The van der Waals surface area contributed by atoms with Crippen molar-refractivity contribution < 1.29 is 20.1 Å². The summed E-state index contributed by atoms with van der Waals surface area (Å²) in [7, 11) is 0. The molecule has 4 atom stereocenters. The minimum Gasteiger partial charge on any atom is -0.394 e. The topological polar surface area (TPSA) is 142 Å². The van der Waals surface area contributed by atoms with Gasteiger partial charge >= 0.3 is 0 Å². The molecule has 10 heteroatoms. The number of nitrogens with zero attached hydrogens (tertiary/aromatic N) is 3. The Morgan fingerprint density at radius 3 is 2.80 bits per heavy atom. The molecular weight excluding hydrogens is 286 g/mol. The molecule has 0 aliphatic carbocycles. The van der Waals surface area contributed by atoms with E-state index in [4.69, 9.17) is 27.8 Å². The second-order valence-electron chi connectivity index (χ2n) is 4.50. The smallest absolute Gasteiger partial charge is 0.223 e. The summed E-state index contributed by atoms with van der Waals surface area (Å²) in [6, 6.07) is 0. The monoisotopic (exact) mass is 299 g/mol. The molecule has 0 amide bonds. The van der Waals surface area contributed by atoms with Gasteiger partial charge in [-0.1, -0.05) is 12.2 Å². The Kier molecular flexibility index (Phi) is 3.18. The lowest BCUT2D eigenvalue weighted by Gasteiger charge is -2.17. The first kappa shape index (κ1) is 13.4. The normalized spacial score (nSPS) is 30.1. The van der Waals surface area contributed by atoms with Crippen molar-refractivity contribution in [1.82, 2.24) is 19.7 Å². The molecular formula is C10H13N5O4S. The Balaban J connectivity index is 2.05. The van der Waals surface area contributed by atoms with E-state index in [1.807, 2.05) is 0 Å². The van der Waals surface area contributed by atoms with E-state index in [2.05, 4.69) is 15.1 Å². The van der Waals surface area contributed by atoms with E-state index in [0.29, 0.717) is 11.4 Å². The van der Waals surface area contributed by atoms with Gasteiger partial charge in [0.15, 0.2) is 12.1 Å². The maximum absolute atomic E-state index is 10.0. The predicted molar refractivity (Wildman–Crippen MR) is 69.3 cm³/mol. The molecule has 0 saturated carbocycles. The average molecular weight is 299 g/mol. The standard InChI is InChI=1S/C10H13N5O4S/c11-10-13-7-3(8(20)14-10)1-12-15(7)9-6(18)5(17)4(2-16)19-9/h1,4-6,9,12,16-18H,2H2,(H2,11,14,20)/t4-,5-,6-,9-/m1/s1. The zero-order valence-electron chi connectivity index (χ0n) is 10.2. The van der Waals surface area contributed by atoms with Crippen LogP contribution >= 0.6 is 12.2 Å². The fourth-order valence-electron chi connectivity index (χ4n) is 2.25. The number of hydrogen-bond donors (Lipinski definition) is 5. The van der Waals surface area contributed by atoms with Crippen LogP contribution in [-0.4, -0.2) is 60.0 Å². The number of aliphatic hydroxyl groups excluding tert-OH is 3. The van der Waals surface area contributed by atoms with E-state index in [9.17, 15) is 10.2 Å². The molecule has 0 unspecified atom stereocenters. The number of hydrogen-bond acceptors (Lipinski definition) is 8. The molecule has 6 N–H and O–H groups in total. The molecule has 3 rings (SSSR count). The third-order valence-electron chi connectivity index (χ3n) is 3.26. The predicted octanol–water partition coefficient (Wildman–Crippen LogP) is -1.37. The quantitative estimate of drug-likeness (QED) is 0.428. The van der Waals surface area contributed by atoms with Gasteiger partial charge in [-0.2, -0.15) is 4.98 Å². The number of nitrogens with one attached hydrogen (secondary N) is 1. The van der Waals surface area contributed by atoms with Crippen molar-refractivity contribution in [2.24, 2.45) is 0 Å². The van der Waals surface area contributed by atoms with E-state index in [1.54, 1.807) is 6.20 Å². The molecule has 20 heavy (non-hydrogen) atoms. The Morgan fingerprint density at radius 1 is 1.40 bits per heavy atom. The van der Waals surface area contributed by atoms with Crippen molar-refractivity contribution >= 4 is 18.2 Å². The van der Waals surface area contributed by atoms with Crippen LogP contribution in [0.1, 0.15) is 6.23 Å². The van der Waals surface area contributed by atoms with E-state index in [1.165, 1.54) is 4.68 Å². The van der Waals surface area contributed by atoms with Gasteiger partial charge in [-0.25, -0.2) is 9.67 Å². The van der Waals surface area contributed by atoms with Gasteiger partial charge in [-0.15, -0.1) is 0 Å². The molecule has 0 aromatic rings. The summed E-state index contributed by atoms with van der Waals surface area (Å²) in [6.07, 6.45) is -2.65. The number of anilines is 1. The number of fused-ring (bicyclic) bond motifs is 1. The van der Waals surface area contributed by atoms with Crippen molar-refractivity contribution in [3.63, 3.8) is 0 Å². The second-order valence-corrected chi connectivity index (χ2v) is 4.88. The lowest BCUT2D eigenvalue weighted by atomic mass is 10.1. The molecule has 0 radical (unpaired) electrons. The van der Waals surface area contributed by atoms with Gasteiger partial charge in [0, 0.05) is 6.20 Å². The molecule has 3 aliphatic heterocycles. The van der Waals surface area contributed by atoms with Crippen LogP contribution in [0.2, 0.25) is 0 Å². The molecule has 1 fully saturated rings. The van der Waals surface area contributed by atoms with Gasteiger partial charge in [0.05, 0.1) is 12.2 Å². The molecule has 0 aromatic heterocycles.